The fraction of sp³-hybridized carbons (Fsp3) is 0.625. The number of carbonyl (C=O) groups is 1. The van der Waals surface area contributed by atoms with Crippen LogP contribution in [0.25, 0.3) is 0 Å². The Labute approximate surface area is 131 Å². The highest BCUT2D eigenvalue weighted by molar-refractivity contribution is 7.98. The van der Waals surface area contributed by atoms with Crippen LogP contribution in [0.3, 0.4) is 0 Å². The Balaban J connectivity index is 2.88. The Kier molecular flexibility index (Phi) is 8.20. The van der Waals surface area contributed by atoms with Crippen molar-refractivity contribution in [2.45, 2.75) is 39.0 Å². The first-order chi connectivity index (χ1) is 10.1. The number of allylic oxidation sites excluding steroid dienone is 2. The normalized spacial score (nSPS) is 19.8. The van der Waals surface area contributed by atoms with Crippen molar-refractivity contribution in [2.24, 2.45) is 11.1 Å². The molecule has 0 aromatic rings. The Morgan fingerprint density at radius 3 is 2.90 bits per heavy atom. The molecule has 1 atom stereocenters. The number of aliphatic hydroxyl groups excluding tert-OH is 1. The molecule has 0 saturated carbocycles. The molecule has 0 aliphatic heterocycles. The van der Waals surface area contributed by atoms with Crippen LogP contribution in [0.5, 0.6) is 0 Å². The zero-order valence-corrected chi connectivity index (χ0v) is 13.7. The van der Waals surface area contributed by atoms with Crippen molar-refractivity contribution in [1.29, 1.82) is 0 Å². The second-order valence-corrected chi connectivity index (χ2v) is 6.16. The first-order valence-corrected chi connectivity index (χ1v) is 8.77. The van der Waals surface area contributed by atoms with Gasteiger partial charge in [0, 0.05) is 12.8 Å². The first-order valence-electron chi connectivity index (χ1n) is 7.38. The predicted molar refractivity (Wildman–Crippen MR) is 88.9 cm³/mol. The molecule has 1 N–H and O–H groups in total. The highest BCUT2D eigenvalue weighted by Crippen LogP contribution is 2.30. The largest absolute Gasteiger partial charge is 0.511 e. The minimum atomic E-state index is -0.0146. The second-order valence-electron chi connectivity index (χ2n) is 5.17. The highest BCUT2D eigenvalue weighted by Gasteiger charge is 2.30. The minimum absolute atomic E-state index is 0.0146. The van der Waals surface area contributed by atoms with Gasteiger partial charge in [-0.2, -0.15) is 11.8 Å². The van der Waals surface area contributed by atoms with Crippen molar-refractivity contribution in [2.75, 3.05) is 18.6 Å². The summed E-state index contributed by atoms with van der Waals surface area (Å²) in [6.07, 6.45) is 7.12. The van der Waals surface area contributed by atoms with E-state index in [2.05, 4.69) is 18.0 Å². The molecule has 0 radical (unpaired) electrons. The number of nitrogens with zero attached hydrogens (tertiary/aromatic N) is 1. The lowest BCUT2D eigenvalue weighted by Gasteiger charge is -2.23. The number of hydrogen-bond acceptors (Lipinski definition) is 5. The van der Waals surface area contributed by atoms with Crippen LogP contribution < -0.4 is 0 Å². The standard InChI is InChI=1S/C16H25NO3S/c1-4-6-13(17-20-8-5-2)16-14(18)10-12(7-9-21-3)11-15(16)19/h5,12,18H,2,4,6-11H2,1,3H3. The molecule has 0 amide bonds. The summed E-state index contributed by atoms with van der Waals surface area (Å²) < 4.78 is 0. The van der Waals surface area contributed by atoms with E-state index in [0.29, 0.717) is 37.2 Å². The molecule has 0 spiro atoms. The van der Waals surface area contributed by atoms with Crippen LogP contribution in [0.1, 0.15) is 39.0 Å². The third-order valence-electron chi connectivity index (χ3n) is 3.40. The number of thioether (sulfide) groups is 1. The molecule has 0 aromatic heterocycles. The average Bonchev–Trinajstić information content (AvgIpc) is 2.44. The van der Waals surface area contributed by atoms with E-state index in [9.17, 15) is 9.90 Å². The average molecular weight is 311 g/mol. The van der Waals surface area contributed by atoms with Crippen LogP contribution in [0, 0.1) is 5.92 Å². The third kappa shape index (κ3) is 5.58. The van der Waals surface area contributed by atoms with E-state index in [1.165, 1.54) is 0 Å². The van der Waals surface area contributed by atoms with Crippen LogP contribution in [0.4, 0.5) is 0 Å². The van der Waals surface area contributed by atoms with Gasteiger partial charge in [-0.3, -0.25) is 4.79 Å². The zero-order chi connectivity index (χ0) is 15.7. The van der Waals surface area contributed by atoms with Gasteiger partial charge < -0.3 is 9.94 Å². The first kappa shape index (κ1) is 17.8. The van der Waals surface area contributed by atoms with Crippen LogP contribution in [0.15, 0.2) is 29.1 Å². The molecule has 21 heavy (non-hydrogen) atoms. The van der Waals surface area contributed by atoms with Crippen molar-refractivity contribution in [3.8, 4) is 0 Å². The molecule has 0 heterocycles. The fourth-order valence-electron chi connectivity index (χ4n) is 2.41. The van der Waals surface area contributed by atoms with Gasteiger partial charge in [-0.15, -0.1) is 0 Å². The molecule has 0 fully saturated rings. The van der Waals surface area contributed by atoms with Gasteiger partial charge >= 0.3 is 0 Å². The third-order valence-corrected chi connectivity index (χ3v) is 4.04. The summed E-state index contributed by atoms with van der Waals surface area (Å²) in [6, 6.07) is 0. The van der Waals surface area contributed by atoms with Crippen molar-refractivity contribution in [3.63, 3.8) is 0 Å². The van der Waals surface area contributed by atoms with Crippen LogP contribution in [-0.4, -0.2) is 35.2 Å². The number of aliphatic hydroxyl groups is 1. The lowest BCUT2D eigenvalue weighted by Crippen LogP contribution is -2.25. The molecule has 1 unspecified atom stereocenters. The zero-order valence-electron chi connectivity index (χ0n) is 12.9. The van der Waals surface area contributed by atoms with E-state index < -0.39 is 0 Å². The number of carbonyl (C=O) groups excluding carboxylic acids is 1. The topological polar surface area (TPSA) is 58.9 Å². The minimum Gasteiger partial charge on any atom is -0.511 e. The van der Waals surface area contributed by atoms with Gasteiger partial charge in [-0.25, -0.2) is 0 Å². The quantitative estimate of drug-likeness (QED) is 0.304. The summed E-state index contributed by atoms with van der Waals surface area (Å²) in [7, 11) is 0. The Hall–Kier alpha value is -1.23. The van der Waals surface area contributed by atoms with Gasteiger partial charge in [0.2, 0.25) is 0 Å². The Morgan fingerprint density at radius 2 is 2.33 bits per heavy atom. The molecule has 5 heteroatoms. The lowest BCUT2D eigenvalue weighted by molar-refractivity contribution is -0.116. The lowest BCUT2D eigenvalue weighted by atomic mass is 9.83. The number of Topliss-reactive ketones (excluding diaryl/α,β-unsaturated/α-hetero) is 1. The molecule has 118 valence electrons. The fourth-order valence-corrected chi connectivity index (χ4v) is 2.98. The maximum Gasteiger partial charge on any atom is 0.168 e. The highest BCUT2D eigenvalue weighted by atomic mass is 32.2. The predicted octanol–water partition coefficient (Wildman–Crippen LogP) is 3.89. The number of rotatable bonds is 9. The van der Waals surface area contributed by atoms with E-state index in [-0.39, 0.29) is 17.5 Å². The maximum atomic E-state index is 12.3. The summed E-state index contributed by atoms with van der Waals surface area (Å²) in [5.41, 5.74) is 0.937. The number of oxime groups is 1. The Bertz CT molecular complexity index is 429. The van der Waals surface area contributed by atoms with Crippen LogP contribution in [-0.2, 0) is 9.63 Å². The van der Waals surface area contributed by atoms with Crippen molar-refractivity contribution in [3.05, 3.63) is 24.0 Å². The summed E-state index contributed by atoms with van der Waals surface area (Å²) in [4.78, 5) is 17.5. The van der Waals surface area contributed by atoms with Gasteiger partial charge in [0.25, 0.3) is 0 Å². The van der Waals surface area contributed by atoms with Crippen molar-refractivity contribution < 1.29 is 14.7 Å². The maximum absolute atomic E-state index is 12.3. The van der Waals surface area contributed by atoms with Gasteiger partial charge in [0.15, 0.2) is 5.78 Å². The van der Waals surface area contributed by atoms with E-state index >= 15 is 0 Å². The molecule has 0 aromatic carbocycles. The SMILES string of the molecule is C=CCON=C(CCC)C1=C(O)CC(CCSC)CC1=O. The van der Waals surface area contributed by atoms with Gasteiger partial charge in [-0.05, 0) is 30.8 Å². The van der Waals surface area contributed by atoms with Gasteiger partial charge in [0.1, 0.15) is 12.4 Å². The molecular weight excluding hydrogens is 286 g/mol. The molecule has 0 bridgehead atoms. The molecular formula is C16H25NO3S. The van der Waals surface area contributed by atoms with E-state index in [0.717, 1.165) is 18.6 Å². The van der Waals surface area contributed by atoms with E-state index in [1.807, 2.05) is 6.92 Å². The summed E-state index contributed by atoms with van der Waals surface area (Å²) >= 11 is 1.76. The summed E-state index contributed by atoms with van der Waals surface area (Å²) in [6.45, 7) is 5.87. The number of ketones is 1. The molecule has 4 nitrogen and oxygen atoms in total. The Morgan fingerprint density at radius 1 is 1.57 bits per heavy atom. The number of hydrogen-bond donors (Lipinski definition) is 1. The second kappa shape index (κ2) is 9.66. The van der Waals surface area contributed by atoms with Gasteiger partial charge in [0.05, 0.1) is 11.3 Å². The molecule has 1 aliphatic carbocycles. The van der Waals surface area contributed by atoms with Crippen LogP contribution >= 0.6 is 11.8 Å². The van der Waals surface area contributed by atoms with Crippen molar-refractivity contribution >= 4 is 23.3 Å². The van der Waals surface area contributed by atoms with Crippen molar-refractivity contribution in [1.82, 2.24) is 0 Å². The molecule has 1 aliphatic rings. The summed E-state index contributed by atoms with van der Waals surface area (Å²) in [5, 5.41) is 14.3. The monoisotopic (exact) mass is 311 g/mol. The molecule has 0 saturated heterocycles. The van der Waals surface area contributed by atoms with E-state index in [4.69, 9.17) is 4.84 Å². The summed E-state index contributed by atoms with van der Waals surface area (Å²) in [5.74, 6) is 1.41. The van der Waals surface area contributed by atoms with Crippen LogP contribution in [0.2, 0.25) is 0 Å². The van der Waals surface area contributed by atoms with Gasteiger partial charge in [-0.1, -0.05) is 31.2 Å². The van der Waals surface area contributed by atoms with E-state index in [1.54, 1.807) is 17.8 Å². The smallest absolute Gasteiger partial charge is 0.168 e. The molecule has 1 rings (SSSR count).